The maximum Gasteiger partial charge on any atom is 0.236 e. The van der Waals surface area contributed by atoms with Crippen molar-refractivity contribution in [1.29, 1.82) is 0 Å². The molecule has 0 aromatic carbocycles. The second-order valence-electron chi connectivity index (χ2n) is 4.08. The molecule has 0 aliphatic heterocycles. The molecule has 17 heavy (non-hydrogen) atoms. The summed E-state index contributed by atoms with van der Waals surface area (Å²) in [7, 11) is -3.33. The third-order valence-electron chi connectivity index (χ3n) is 2.41. The summed E-state index contributed by atoms with van der Waals surface area (Å²) in [5, 5.41) is 3.27. The summed E-state index contributed by atoms with van der Waals surface area (Å²) < 4.78 is 25.6. The van der Waals surface area contributed by atoms with Crippen LogP contribution in [0, 0.1) is 0 Å². The van der Waals surface area contributed by atoms with Gasteiger partial charge in [0.1, 0.15) is 0 Å². The minimum absolute atomic E-state index is 0.0883. The van der Waals surface area contributed by atoms with Gasteiger partial charge < -0.3 is 5.32 Å². The lowest BCUT2D eigenvalue weighted by Crippen LogP contribution is -2.23. The maximum atomic E-state index is 11.6. The number of hydrogen-bond donors (Lipinski definition) is 2. The predicted molar refractivity (Wildman–Crippen MR) is 65.1 cm³/mol. The van der Waals surface area contributed by atoms with Crippen molar-refractivity contribution in [3.05, 3.63) is 18.5 Å². The van der Waals surface area contributed by atoms with Crippen LogP contribution in [0.1, 0.15) is 19.3 Å². The van der Waals surface area contributed by atoms with Gasteiger partial charge in [-0.15, -0.1) is 0 Å². The van der Waals surface area contributed by atoms with E-state index >= 15 is 0 Å². The Balaban J connectivity index is 1.73. The molecule has 0 atom stereocenters. The molecule has 0 saturated heterocycles. The average Bonchev–Trinajstić information content (AvgIpc) is 3.09. The van der Waals surface area contributed by atoms with E-state index in [0.717, 1.165) is 6.54 Å². The molecule has 0 amide bonds. The molecule has 1 saturated carbocycles. The Bertz CT molecular complexity index is 445. The van der Waals surface area contributed by atoms with Crippen LogP contribution in [-0.2, 0) is 10.0 Å². The van der Waals surface area contributed by atoms with Crippen LogP contribution < -0.4 is 10.0 Å². The highest BCUT2D eigenvalue weighted by Gasteiger charge is 2.20. The van der Waals surface area contributed by atoms with Gasteiger partial charge in [0.15, 0.2) is 0 Å². The molecule has 7 heteroatoms. The second kappa shape index (κ2) is 5.42. The lowest BCUT2D eigenvalue weighted by atomic mass is 10.5. The maximum absolute atomic E-state index is 11.6. The smallest absolute Gasteiger partial charge is 0.236 e. The predicted octanol–water partition coefficient (Wildman–Crippen LogP) is 0.360. The Kier molecular flexibility index (Phi) is 3.90. The van der Waals surface area contributed by atoms with E-state index in [1.54, 1.807) is 6.07 Å². The first kappa shape index (κ1) is 12.3. The van der Waals surface area contributed by atoms with Gasteiger partial charge in [-0.3, -0.25) is 4.72 Å². The summed E-state index contributed by atoms with van der Waals surface area (Å²) in [6, 6.07) is 2.25. The summed E-state index contributed by atoms with van der Waals surface area (Å²) in [6.07, 6.45) is 6.02. The zero-order valence-corrected chi connectivity index (χ0v) is 10.3. The SMILES string of the molecule is O=S(=O)(CCCNC1CC1)Nc1ncccn1. The first-order valence-electron chi connectivity index (χ1n) is 5.67. The van der Waals surface area contributed by atoms with Crippen molar-refractivity contribution in [1.82, 2.24) is 15.3 Å². The van der Waals surface area contributed by atoms with E-state index in [1.807, 2.05) is 0 Å². The highest BCUT2D eigenvalue weighted by atomic mass is 32.2. The van der Waals surface area contributed by atoms with E-state index in [1.165, 1.54) is 25.2 Å². The fourth-order valence-electron chi connectivity index (χ4n) is 1.40. The van der Waals surface area contributed by atoms with Gasteiger partial charge in [-0.2, -0.15) is 0 Å². The van der Waals surface area contributed by atoms with Gasteiger partial charge in [0.2, 0.25) is 16.0 Å². The van der Waals surface area contributed by atoms with Crippen LogP contribution in [-0.4, -0.2) is 36.7 Å². The molecular formula is C10H16N4O2S. The molecule has 0 radical (unpaired) electrons. The van der Waals surface area contributed by atoms with Crippen LogP contribution in [0.5, 0.6) is 0 Å². The first-order chi connectivity index (χ1) is 8.16. The van der Waals surface area contributed by atoms with Gasteiger partial charge in [0, 0.05) is 18.4 Å². The Hall–Kier alpha value is -1.21. The molecule has 2 rings (SSSR count). The average molecular weight is 256 g/mol. The molecule has 1 aromatic heterocycles. The zero-order valence-electron chi connectivity index (χ0n) is 9.46. The third kappa shape index (κ3) is 4.66. The van der Waals surface area contributed by atoms with E-state index < -0.39 is 10.0 Å². The molecular weight excluding hydrogens is 240 g/mol. The van der Waals surface area contributed by atoms with Gasteiger partial charge in [-0.25, -0.2) is 18.4 Å². The van der Waals surface area contributed by atoms with Crippen molar-refractivity contribution in [3.8, 4) is 0 Å². The van der Waals surface area contributed by atoms with Crippen molar-refractivity contribution in [2.45, 2.75) is 25.3 Å². The molecule has 1 aromatic rings. The summed E-state index contributed by atoms with van der Waals surface area (Å²) in [4.78, 5) is 7.63. The number of aromatic nitrogens is 2. The van der Waals surface area contributed by atoms with Crippen molar-refractivity contribution < 1.29 is 8.42 Å². The molecule has 0 unspecified atom stereocenters. The van der Waals surface area contributed by atoms with E-state index in [4.69, 9.17) is 0 Å². The second-order valence-corrected chi connectivity index (χ2v) is 5.92. The largest absolute Gasteiger partial charge is 0.314 e. The monoisotopic (exact) mass is 256 g/mol. The number of nitrogens with zero attached hydrogens (tertiary/aromatic N) is 2. The van der Waals surface area contributed by atoms with Crippen molar-refractivity contribution in [2.24, 2.45) is 0 Å². The molecule has 1 aliphatic rings. The summed E-state index contributed by atoms with van der Waals surface area (Å²) in [5.41, 5.74) is 0. The van der Waals surface area contributed by atoms with Crippen LogP contribution in [0.15, 0.2) is 18.5 Å². The standard InChI is InChI=1S/C10H16N4O2S/c15-17(16,8-2-7-11-9-3-4-9)14-10-12-5-1-6-13-10/h1,5-6,9,11H,2-4,7-8H2,(H,12,13,14). The molecule has 6 nitrogen and oxygen atoms in total. The molecule has 94 valence electrons. The van der Waals surface area contributed by atoms with Crippen LogP contribution in [0.4, 0.5) is 5.95 Å². The Morgan fingerprint density at radius 1 is 1.29 bits per heavy atom. The van der Waals surface area contributed by atoms with Crippen LogP contribution in [0.25, 0.3) is 0 Å². The molecule has 2 N–H and O–H groups in total. The van der Waals surface area contributed by atoms with E-state index in [-0.39, 0.29) is 11.7 Å². The summed E-state index contributed by atoms with van der Waals surface area (Å²) in [6.45, 7) is 0.737. The fraction of sp³-hybridized carbons (Fsp3) is 0.600. The fourth-order valence-corrected chi connectivity index (χ4v) is 2.41. The Morgan fingerprint density at radius 2 is 2.00 bits per heavy atom. The third-order valence-corrected chi connectivity index (χ3v) is 3.73. The first-order valence-corrected chi connectivity index (χ1v) is 7.32. The molecule has 1 heterocycles. The number of rotatable bonds is 7. The number of hydrogen-bond acceptors (Lipinski definition) is 5. The van der Waals surface area contributed by atoms with Crippen LogP contribution >= 0.6 is 0 Å². The van der Waals surface area contributed by atoms with E-state index in [2.05, 4.69) is 20.0 Å². The summed E-state index contributed by atoms with van der Waals surface area (Å²) in [5.74, 6) is 0.216. The minimum Gasteiger partial charge on any atom is -0.314 e. The van der Waals surface area contributed by atoms with E-state index in [0.29, 0.717) is 12.5 Å². The molecule has 1 fully saturated rings. The normalized spacial score (nSPS) is 15.8. The Labute approximate surface area is 101 Å². The van der Waals surface area contributed by atoms with E-state index in [9.17, 15) is 8.42 Å². The highest BCUT2D eigenvalue weighted by Crippen LogP contribution is 2.18. The molecule has 0 bridgehead atoms. The number of nitrogens with one attached hydrogen (secondary N) is 2. The van der Waals surface area contributed by atoms with Gasteiger partial charge in [-0.1, -0.05) is 0 Å². The topological polar surface area (TPSA) is 84.0 Å². The van der Waals surface area contributed by atoms with Gasteiger partial charge in [-0.05, 0) is 31.9 Å². The lowest BCUT2D eigenvalue weighted by Gasteiger charge is -2.06. The number of anilines is 1. The minimum atomic E-state index is -3.33. The quantitative estimate of drug-likeness (QED) is 0.688. The number of sulfonamides is 1. The van der Waals surface area contributed by atoms with Crippen LogP contribution in [0.2, 0.25) is 0 Å². The molecule has 1 aliphatic carbocycles. The zero-order chi connectivity index (χ0) is 12.1. The molecule has 0 spiro atoms. The lowest BCUT2D eigenvalue weighted by molar-refractivity contribution is 0.593. The van der Waals surface area contributed by atoms with Crippen molar-refractivity contribution in [2.75, 3.05) is 17.0 Å². The van der Waals surface area contributed by atoms with Gasteiger partial charge in [0.05, 0.1) is 5.75 Å². The van der Waals surface area contributed by atoms with Crippen LogP contribution in [0.3, 0.4) is 0 Å². The summed E-state index contributed by atoms with van der Waals surface area (Å²) >= 11 is 0. The van der Waals surface area contributed by atoms with Crippen molar-refractivity contribution in [3.63, 3.8) is 0 Å². The highest BCUT2D eigenvalue weighted by molar-refractivity contribution is 7.92. The Morgan fingerprint density at radius 3 is 2.65 bits per heavy atom. The van der Waals surface area contributed by atoms with Gasteiger partial charge >= 0.3 is 0 Å². The van der Waals surface area contributed by atoms with Crippen molar-refractivity contribution >= 4 is 16.0 Å². The van der Waals surface area contributed by atoms with Gasteiger partial charge in [0.25, 0.3) is 0 Å².